The van der Waals surface area contributed by atoms with E-state index in [9.17, 15) is 23.2 Å². The molecule has 1 aliphatic carbocycles. The van der Waals surface area contributed by atoms with Gasteiger partial charge in [-0.2, -0.15) is 0 Å². The monoisotopic (exact) mass is 595 g/mol. The van der Waals surface area contributed by atoms with Crippen LogP contribution in [0.1, 0.15) is 113 Å². The van der Waals surface area contributed by atoms with Crippen molar-refractivity contribution in [3.8, 4) is 0 Å². The van der Waals surface area contributed by atoms with Gasteiger partial charge in [-0.15, -0.1) is 0 Å². The third kappa shape index (κ3) is 7.13. The van der Waals surface area contributed by atoms with E-state index < -0.39 is 23.3 Å². The van der Waals surface area contributed by atoms with Crippen molar-refractivity contribution in [2.45, 2.75) is 97.2 Å². The Kier molecular flexibility index (Phi) is 10.0. The third-order valence-corrected chi connectivity index (χ3v) is 9.45. The number of nitrogens with one attached hydrogen (secondary N) is 1. The first-order valence-corrected chi connectivity index (χ1v) is 15.4. The molecule has 43 heavy (non-hydrogen) atoms. The van der Waals surface area contributed by atoms with Crippen molar-refractivity contribution in [1.29, 1.82) is 0 Å². The molecule has 0 bridgehead atoms. The van der Waals surface area contributed by atoms with Gasteiger partial charge >= 0.3 is 5.97 Å². The molecule has 9 heteroatoms. The van der Waals surface area contributed by atoms with Gasteiger partial charge in [0.05, 0.1) is 12.5 Å². The van der Waals surface area contributed by atoms with Gasteiger partial charge in [0.25, 0.3) is 11.8 Å². The lowest BCUT2D eigenvalue weighted by molar-refractivity contribution is -0.137. The van der Waals surface area contributed by atoms with Crippen LogP contribution in [0.25, 0.3) is 0 Å². The van der Waals surface area contributed by atoms with E-state index in [0.717, 1.165) is 43.7 Å². The maximum absolute atomic E-state index is 14.3. The molecular weight excluding hydrogens is 552 g/mol. The van der Waals surface area contributed by atoms with E-state index in [-0.39, 0.29) is 47.5 Å². The molecule has 2 amide bonds. The molecule has 2 aromatic carbocycles. The molecule has 0 unspecified atom stereocenters. The molecule has 1 aliphatic heterocycles. The fourth-order valence-corrected chi connectivity index (χ4v) is 6.51. The predicted molar refractivity (Wildman–Crippen MR) is 162 cm³/mol. The van der Waals surface area contributed by atoms with Crippen LogP contribution in [-0.4, -0.2) is 45.7 Å². The number of amides is 2. The van der Waals surface area contributed by atoms with Crippen LogP contribution in [0.3, 0.4) is 0 Å². The highest BCUT2D eigenvalue weighted by Gasteiger charge is 2.52. The molecule has 1 spiro atoms. The highest BCUT2D eigenvalue weighted by molar-refractivity contribution is 6.46. The van der Waals surface area contributed by atoms with Gasteiger partial charge < -0.3 is 15.3 Å². The summed E-state index contributed by atoms with van der Waals surface area (Å²) in [6.45, 7) is 8.86. The molecule has 2 aromatic rings. The quantitative estimate of drug-likeness (QED) is 0.275. The van der Waals surface area contributed by atoms with Gasteiger partial charge in [0.2, 0.25) is 0 Å². The molecule has 0 aromatic heterocycles. The van der Waals surface area contributed by atoms with Gasteiger partial charge in [-0.1, -0.05) is 59.1 Å². The van der Waals surface area contributed by atoms with E-state index in [2.05, 4.69) is 33.0 Å². The van der Waals surface area contributed by atoms with Crippen molar-refractivity contribution in [2.75, 3.05) is 6.54 Å². The Morgan fingerprint density at radius 3 is 2.28 bits per heavy atom. The van der Waals surface area contributed by atoms with E-state index in [1.165, 1.54) is 12.1 Å². The maximum Gasteiger partial charge on any atom is 0.305 e. The molecule has 2 N–H and O–H groups in total. The molecular formula is C34H43F2N3O4. The molecule has 2 aliphatic rings. The summed E-state index contributed by atoms with van der Waals surface area (Å²) in [6, 6.07) is 9.80. The number of carbonyl (C=O) groups excluding carboxylic acids is 2. The smallest absolute Gasteiger partial charge is 0.305 e. The van der Waals surface area contributed by atoms with Crippen LogP contribution < -0.4 is 5.32 Å². The predicted octanol–water partition coefficient (Wildman–Crippen LogP) is 7.05. The Labute approximate surface area is 252 Å². The second-order valence-corrected chi connectivity index (χ2v) is 12.6. The molecule has 1 saturated carbocycles. The molecule has 232 valence electrons. The van der Waals surface area contributed by atoms with Crippen LogP contribution in [0.4, 0.5) is 8.78 Å². The topological polar surface area (TPSA) is 99.1 Å². The minimum absolute atomic E-state index is 0.0243. The number of unbranched alkanes of at least 4 members (excludes halogenated alkanes) is 1. The van der Waals surface area contributed by atoms with Crippen molar-refractivity contribution in [2.24, 2.45) is 16.3 Å². The summed E-state index contributed by atoms with van der Waals surface area (Å²) in [7, 11) is 0. The molecule has 1 fully saturated rings. The van der Waals surface area contributed by atoms with Crippen LogP contribution in [-0.2, 0) is 9.59 Å². The SMILES string of the molecule is CCCC[C@H](c1ccc(C(=O)NCCC(=O)O)cc1)N1C(=O)C(c2cc(F)cc(F)c2)=NC12CCC(C(C)(C)CC)CC2. The Morgan fingerprint density at radius 2 is 1.72 bits per heavy atom. The van der Waals surface area contributed by atoms with Gasteiger partial charge in [-0.3, -0.25) is 19.4 Å². The lowest BCUT2D eigenvalue weighted by Crippen LogP contribution is -2.51. The number of aliphatic carboxylic acids is 1. The largest absolute Gasteiger partial charge is 0.481 e. The van der Waals surface area contributed by atoms with Crippen LogP contribution in [0.2, 0.25) is 0 Å². The number of halogens is 2. The van der Waals surface area contributed by atoms with Gasteiger partial charge in [0, 0.05) is 23.7 Å². The first-order chi connectivity index (χ1) is 20.4. The Balaban J connectivity index is 1.71. The maximum atomic E-state index is 14.3. The summed E-state index contributed by atoms with van der Waals surface area (Å²) in [5.41, 5.74) is 0.781. The highest BCUT2D eigenvalue weighted by Crippen LogP contribution is 2.50. The van der Waals surface area contributed by atoms with Crippen LogP contribution in [0, 0.1) is 23.0 Å². The normalized spacial score (nSPS) is 21.2. The Bertz CT molecular complexity index is 1340. The zero-order chi connectivity index (χ0) is 31.4. The number of nitrogens with zero attached hydrogens (tertiary/aromatic N) is 2. The number of carbonyl (C=O) groups is 3. The van der Waals surface area contributed by atoms with Crippen LogP contribution in [0.15, 0.2) is 47.5 Å². The molecule has 1 heterocycles. The van der Waals surface area contributed by atoms with Gasteiger partial charge in [0.1, 0.15) is 23.0 Å². The number of hydrogen-bond acceptors (Lipinski definition) is 4. The third-order valence-electron chi connectivity index (χ3n) is 9.45. The van der Waals surface area contributed by atoms with Crippen molar-refractivity contribution in [3.63, 3.8) is 0 Å². The lowest BCUT2D eigenvalue weighted by Gasteiger charge is -2.48. The second kappa shape index (κ2) is 13.3. The van der Waals surface area contributed by atoms with Crippen molar-refractivity contribution in [3.05, 3.63) is 70.8 Å². The first-order valence-electron chi connectivity index (χ1n) is 15.4. The minimum atomic E-state index is -0.992. The zero-order valence-corrected chi connectivity index (χ0v) is 25.6. The molecule has 4 rings (SSSR count). The van der Waals surface area contributed by atoms with E-state index in [4.69, 9.17) is 10.1 Å². The van der Waals surface area contributed by atoms with E-state index in [1.54, 1.807) is 12.1 Å². The molecule has 0 saturated heterocycles. The van der Waals surface area contributed by atoms with E-state index in [0.29, 0.717) is 30.7 Å². The zero-order valence-electron chi connectivity index (χ0n) is 25.6. The standard InChI is InChI=1S/C34H43F2N3O4/c1-5-7-8-28(22-9-11-23(12-10-22)31(42)37-18-15-29(40)41)39-32(43)30(24-19-26(35)21-27(36)20-24)38-34(39)16-13-25(14-17-34)33(3,4)6-2/h9-12,19-21,25,28H,5-8,13-18H2,1-4H3,(H,37,42)(H,40,41)/t25?,28-,34?/m1/s1. The Hall–Kier alpha value is -3.62. The summed E-state index contributed by atoms with van der Waals surface area (Å²) < 4.78 is 28.6. The lowest BCUT2D eigenvalue weighted by atomic mass is 9.67. The fourth-order valence-electron chi connectivity index (χ4n) is 6.51. The number of carboxylic acid groups (broad SMARTS) is 1. The number of hydrogen-bond donors (Lipinski definition) is 2. The molecule has 0 radical (unpaired) electrons. The number of rotatable bonds is 12. The van der Waals surface area contributed by atoms with Crippen molar-refractivity contribution >= 4 is 23.5 Å². The average Bonchev–Trinajstić information content (AvgIpc) is 3.24. The minimum Gasteiger partial charge on any atom is -0.481 e. The van der Waals surface area contributed by atoms with Crippen LogP contribution >= 0.6 is 0 Å². The van der Waals surface area contributed by atoms with E-state index >= 15 is 0 Å². The van der Waals surface area contributed by atoms with E-state index in [1.807, 2.05) is 17.0 Å². The Morgan fingerprint density at radius 1 is 1.09 bits per heavy atom. The van der Waals surface area contributed by atoms with Crippen molar-refractivity contribution in [1.82, 2.24) is 10.2 Å². The van der Waals surface area contributed by atoms with Crippen molar-refractivity contribution < 1.29 is 28.3 Å². The fraction of sp³-hybridized carbons (Fsp3) is 0.529. The summed E-state index contributed by atoms with van der Waals surface area (Å²) >= 11 is 0. The van der Waals surface area contributed by atoms with Crippen LogP contribution in [0.5, 0.6) is 0 Å². The number of benzene rings is 2. The molecule has 7 nitrogen and oxygen atoms in total. The van der Waals surface area contributed by atoms with Gasteiger partial charge in [-0.05, 0) is 73.3 Å². The summed E-state index contributed by atoms with van der Waals surface area (Å²) in [6.07, 6.45) is 6.36. The summed E-state index contributed by atoms with van der Waals surface area (Å²) in [5.74, 6) is -2.75. The number of carboxylic acids is 1. The van der Waals surface area contributed by atoms with Gasteiger partial charge in [0.15, 0.2) is 0 Å². The first kappa shape index (κ1) is 32.3. The van der Waals surface area contributed by atoms with Gasteiger partial charge in [-0.25, -0.2) is 8.78 Å². The average molecular weight is 596 g/mol. The summed E-state index contributed by atoms with van der Waals surface area (Å²) in [4.78, 5) is 44.6. The summed E-state index contributed by atoms with van der Waals surface area (Å²) in [5, 5.41) is 11.5. The molecule has 1 atom stereocenters. The second-order valence-electron chi connectivity index (χ2n) is 12.6. The number of aliphatic imine (C=N–C) groups is 1. The highest BCUT2D eigenvalue weighted by atomic mass is 19.1.